The highest BCUT2D eigenvalue weighted by atomic mass is 16.4. The number of nitrogens with zero attached hydrogens (tertiary/aromatic N) is 1. The number of aromatic nitrogens is 2. The van der Waals surface area contributed by atoms with Crippen molar-refractivity contribution in [3.63, 3.8) is 0 Å². The van der Waals surface area contributed by atoms with Crippen LogP contribution < -0.4 is 11.1 Å². The lowest BCUT2D eigenvalue weighted by molar-refractivity contribution is 0.0698. The van der Waals surface area contributed by atoms with Crippen molar-refractivity contribution in [2.75, 3.05) is 11.1 Å². The number of nitrogen functional groups attached to an aromatic ring is 1. The van der Waals surface area contributed by atoms with E-state index in [2.05, 4.69) is 15.3 Å². The maximum atomic E-state index is 11.2. The number of hydrogen-bond acceptors (Lipinski definition) is 4. The summed E-state index contributed by atoms with van der Waals surface area (Å²) in [5.41, 5.74) is 7.65. The zero-order chi connectivity index (χ0) is 14.7. The third kappa shape index (κ3) is 2.74. The Bertz CT molecular complexity index is 608. The van der Waals surface area contributed by atoms with Crippen LogP contribution >= 0.6 is 0 Å². The van der Waals surface area contributed by atoms with Crippen LogP contribution in [-0.2, 0) is 0 Å². The summed E-state index contributed by atoms with van der Waals surface area (Å²) in [7, 11) is 0. The molecule has 1 aromatic heterocycles. The molecule has 0 bridgehead atoms. The maximum absolute atomic E-state index is 11.2. The van der Waals surface area contributed by atoms with E-state index in [1.54, 1.807) is 25.4 Å². The molecule has 6 nitrogen and oxygen atoms in total. The molecule has 2 aromatic rings. The standard InChI is InChI=1S/C14H18N4O2/c1-3-11(13-16-4-5-17-13)18-9-6-8(2)12(15)10(7-9)14(19)20/h4-7,11,18H,3,15H2,1-2H3,(H,16,17)(H,19,20). The molecule has 0 aliphatic rings. The molecule has 0 amide bonds. The first-order valence-electron chi connectivity index (χ1n) is 6.42. The lowest BCUT2D eigenvalue weighted by Crippen LogP contribution is -2.13. The summed E-state index contributed by atoms with van der Waals surface area (Å²) < 4.78 is 0. The Morgan fingerprint density at radius 2 is 2.30 bits per heavy atom. The monoisotopic (exact) mass is 274 g/mol. The highest BCUT2D eigenvalue weighted by Gasteiger charge is 2.15. The minimum absolute atomic E-state index is 0.00494. The predicted molar refractivity (Wildman–Crippen MR) is 77.8 cm³/mol. The molecule has 20 heavy (non-hydrogen) atoms. The van der Waals surface area contributed by atoms with E-state index in [0.29, 0.717) is 5.69 Å². The van der Waals surface area contributed by atoms with E-state index < -0.39 is 5.97 Å². The number of hydrogen-bond donors (Lipinski definition) is 4. The van der Waals surface area contributed by atoms with Gasteiger partial charge in [-0.15, -0.1) is 0 Å². The summed E-state index contributed by atoms with van der Waals surface area (Å²) in [6, 6.07) is 3.39. The Morgan fingerprint density at radius 3 is 2.85 bits per heavy atom. The van der Waals surface area contributed by atoms with Crippen LogP contribution in [0, 0.1) is 6.92 Å². The molecule has 0 radical (unpaired) electrons. The third-order valence-electron chi connectivity index (χ3n) is 3.22. The number of aromatic carboxylic acids is 1. The molecule has 1 atom stereocenters. The molecule has 106 valence electrons. The van der Waals surface area contributed by atoms with E-state index in [4.69, 9.17) is 10.8 Å². The zero-order valence-electron chi connectivity index (χ0n) is 11.5. The van der Waals surface area contributed by atoms with Crippen molar-refractivity contribution in [3.05, 3.63) is 41.5 Å². The lowest BCUT2D eigenvalue weighted by Gasteiger charge is -2.18. The summed E-state index contributed by atoms with van der Waals surface area (Å²) in [4.78, 5) is 18.5. The molecule has 1 unspecified atom stereocenters. The average Bonchev–Trinajstić information content (AvgIpc) is 2.93. The fourth-order valence-electron chi connectivity index (χ4n) is 2.09. The number of carboxylic acids is 1. The first-order valence-corrected chi connectivity index (χ1v) is 6.42. The van der Waals surface area contributed by atoms with E-state index in [0.717, 1.165) is 23.5 Å². The highest BCUT2D eigenvalue weighted by Crippen LogP contribution is 2.26. The Hall–Kier alpha value is -2.50. The maximum Gasteiger partial charge on any atom is 0.337 e. The summed E-state index contributed by atoms with van der Waals surface area (Å²) in [6.45, 7) is 3.82. The first-order chi connectivity index (χ1) is 9.52. The number of carbonyl (C=O) groups is 1. The average molecular weight is 274 g/mol. The third-order valence-corrected chi connectivity index (χ3v) is 3.22. The number of nitrogens with two attached hydrogens (primary N) is 1. The molecule has 1 aromatic carbocycles. The number of H-pyrrole nitrogens is 1. The number of aryl methyl sites for hydroxylation is 1. The number of nitrogens with one attached hydrogen (secondary N) is 2. The van der Waals surface area contributed by atoms with Crippen molar-refractivity contribution in [1.29, 1.82) is 0 Å². The van der Waals surface area contributed by atoms with E-state index in [-0.39, 0.29) is 11.6 Å². The summed E-state index contributed by atoms with van der Waals surface area (Å²) in [5.74, 6) is -0.209. The highest BCUT2D eigenvalue weighted by molar-refractivity contribution is 5.95. The fraction of sp³-hybridized carbons (Fsp3) is 0.286. The molecule has 0 saturated carbocycles. The SMILES string of the molecule is CCC(Nc1cc(C)c(N)c(C(=O)O)c1)c1ncc[nH]1. The van der Waals surface area contributed by atoms with Gasteiger partial charge in [0.1, 0.15) is 5.82 Å². The Morgan fingerprint density at radius 1 is 1.55 bits per heavy atom. The fourth-order valence-corrected chi connectivity index (χ4v) is 2.09. The molecule has 0 saturated heterocycles. The van der Waals surface area contributed by atoms with Gasteiger partial charge in [-0.05, 0) is 31.0 Å². The molecule has 5 N–H and O–H groups in total. The van der Waals surface area contributed by atoms with Crippen molar-refractivity contribution >= 4 is 17.3 Å². The van der Waals surface area contributed by atoms with Crippen molar-refractivity contribution in [2.45, 2.75) is 26.3 Å². The minimum Gasteiger partial charge on any atom is -0.478 e. The summed E-state index contributed by atoms with van der Waals surface area (Å²) in [5, 5.41) is 12.4. The van der Waals surface area contributed by atoms with Crippen LogP contribution in [0.25, 0.3) is 0 Å². The second-order valence-electron chi connectivity index (χ2n) is 4.64. The second-order valence-corrected chi connectivity index (χ2v) is 4.64. The van der Waals surface area contributed by atoms with Gasteiger partial charge in [0.25, 0.3) is 0 Å². The van der Waals surface area contributed by atoms with Crippen LogP contribution in [-0.4, -0.2) is 21.0 Å². The molecule has 1 heterocycles. The molecular weight excluding hydrogens is 256 g/mol. The van der Waals surface area contributed by atoms with Crippen molar-refractivity contribution in [2.24, 2.45) is 0 Å². The molecule has 6 heteroatoms. The van der Waals surface area contributed by atoms with E-state index in [9.17, 15) is 4.79 Å². The number of benzene rings is 1. The van der Waals surface area contributed by atoms with Gasteiger partial charge in [0.15, 0.2) is 0 Å². The number of imidazole rings is 1. The molecular formula is C14H18N4O2. The largest absolute Gasteiger partial charge is 0.478 e. The van der Waals surface area contributed by atoms with E-state index in [1.165, 1.54) is 0 Å². The van der Waals surface area contributed by atoms with Crippen LogP contribution in [0.5, 0.6) is 0 Å². The van der Waals surface area contributed by atoms with Crippen LogP contribution in [0.15, 0.2) is 24.5 Å². The Kier molecular flexibility index (Phi) is 3.93. The van der Waals surface area contributed by atoms with Gasteiger partial charge in [-0.1, -0.05) is 6.92 Å². The van der Waals surface area contributed by atoms with Crippen LogP contribution in [0.3, 0.4) is 0 Å². The topological polar surface area (TPSA) is 104 Å². The van der Waals surface area contributed by atoms with Crippen LogP contribution in [0.1, 0.15) is 41.1 Å². The van der Waals surface area contributed by atoms with Crippen LogP contribution in [0.4, 0.5) is 11.4 Å². The van der Waals surface area contributed by atoms with Gasteiger partial charge in [0.05, 0.1) is 11.6 Å². The summed E-state index contributed by atoms with van der Waals surface area (Å²) >= 11 is 0. The van der Waals surface area contributed by atoms with Crippen LogP contribution in [0.2, 0.25) is 0 Å². The second kappa shape index (κ2) is 5.64. The number of anilines is 2. The van der Waals surface area contributed by atoms with Crippen molar-refractivity contribution in [3.8, 4) is 0 Å². The lowest BCUT2D eigenvalue weighted by atomic mass is 10.1. The molecule has 0 aliphatic carbocycles. The Balaban J connectivity index is 2.31. The van der Waals surface area contributed by atoms with E-state index in [1.807, 2.05) is 13.0 Å². The molecule has 0 fully saturated rings. The van der Waals surface area contributed by atoms with E-state index >= 15 is 0 Å². The number of rotatable bonds is 5. The quantitative estimate of drug-likeness (QED) is 0.627. The first kappa shape index (κ1) is 13.9. The number of aromatic amines is 1. The summed E-state index contributed by atoms with van der Waals surface area (Å²) in [6.07, 6.45) is 4.27. The normalized spacial score (nSPS) is 12.1. The van der Waals surface area contributed by atoms with Gasteiger partial charge >= 0.3 is 5.97 Å². The van der Waals surface area contributed by atoms with Gasteiger partial charge in [0, 0.05) is 23.8 Å². The smallest absolute Gasteiger partial charge is 0.337 e. The van der Waals surface area contributed by atoms with Gasteiger partial charge < -0.3 is 21.1 Å². The van der Waals surface area contributed by atoms with Crippen molar-refractivity contribution in [1.82, 2.24) is 9.97 Å². The molecule has 2 rings (SSSR count). The Labute approximate surface area is 117 Å². The molecule has 0 aliphatic heterocycles. The van der Waals surface area contributed by atoms with Gasteiger partial charge in [-0.2, -0.15) is 0 Å². The molecule has 0 spiro atoms. The predicted octanol–water partition coefficient (Wildman–Crippen LogP) is 2.56. The van der Waals surface area contributed by atoms with Gasteiger partial charge in [0.2, 0.25) is 0 Å². The number of carboxylic acid groups (broad SMARTS) is 1. The van der Waals surface area contributed by atoms with Gasteiger partial charge in [-0.25, -0.2) is 9.78 Å². The zero-order valence-corrected chi connectivity index (χ0v) is 11.5. The van der Waals surface area contributed by atoms with Crippen molar-refractivity contribution < 1.29 is 9.90 Å². The van der Waals surface area contributed by atoms with Gasteiger partial charge in [-0.3, -0.25) is 0 Å². The minimum atomic E-state index is -1.03.